The van der Waals surface area contributed by atoms with Gasteiger partial charge in [0.2, 0.25) is 0 Å². The van der Waals surface area contributed by atoms with Crippen molar-refractivity contribution in [2.75, 3.05) is 5.73 Å². The zero-order chi connectivity index (χ0) is 16.2. The molecule has 0 spiro atoms. The summed E-state index contributed by atoms with van der Waals surface area (Å²) < 4.78 is 0. The van der Waals surface area contributed by atoms with Crippen molar-refractivity contribution in [3.8, 4) is 0 Å². The molecule has 0 saturated heterocycles. The predicted molar refractivity (Wildman–Crippen MR) is 85.3 cm³/mol. The molecule has 0 aliphatic carbocycles. The van der Waals surface area contributed by atoms with E-state index in [1.165, 1.54) is 12.4 Å². The Hall–Kier alpha value is -3.48. The minimum Gasteiger partial charge on any atom is -0.397 e. The Kier molecular flexibility index (Phi) is 3.84. The number of nitrogens with one attached hydrogen (secondary N) is 2. The van der Waals surface area contributed by atoms with E-state index < -0.39 is 11.8 Å². The molecule has 0 aliphatic rings. The maximum absolute atomic E-state index is 12.2. The molecule has 3 rings (SSSR count). The smallest absolute Gasteiger partial charge is 0.273 e. The van der Waals surface area contributed by atoms with Gasteiger partial charge in [-0.15, -0.1) is 0 Å². The standard InChI is InChI=1S/C16H13N5O2/c17-14-11-5-1-2-6-13(11)19-9-12(14)16(23)21-20-15(22)10-4-3-7-18-8-10/h1-9H,(H2,17,19)(H,20,22)(H,21,23). The number of rotatable bonds is 2. The van der Waals surface area contributed by atoms with Gasteiger partial charge in [0.15, 0.2) is 0 Å². The molecule has 2 aromatic heterocycles. The highest BCUT2D eigenvalue weighted by atomic mass is 16.2. The lowest BCUT2D eigenvalue weighted by Crippen LogP contribution is -2.41. The monoisotopic (exact) mass is 307 g/mol. The normalized spacial score (nSPS) is 10.3. The second-order valence-corrected chi connectivity index (χ2v) is 4.75. The first-order valence-electron chi connectivity index (χ1n) is 6.81. The van der Waals surface area contributed by atoms with Crippen LogP contribution in [0.25, 0.3) is 10.9 Å². The number of carbonyl (C=O) groups excluding carboxylic acids is 2. The number of pyridine rings is 2. The summed E-state index contributed by atoms with van der Waals surface area (Å²) >= 11 is 0. The number of nitrogen functional groups attached to an aromatic ring is 1. The van der Waals surface area contributed by atoms with Crippen LogP contribution in [-0.4, -0.2) is 21.8 Å². The molecule has 1 aromatic carbocycles. The van der Waals surface area contributed by atoms with E-state index in [9.17, 15) is 9.59 Å². The molecule has 3 aromatic rings. The lowest BCUT2D eigenvalue weighted by molar-refractivity contribution is 0.0847. The van der Waals surface area contributed by atoms with Crippen molar-refractivity contribution in [3.05, 3.63) is 66.1 Å². The molecule has 0 radical (unpaired) electrons. The number of hydrogen-bond donors (Lipinski definition) is 3. The largest absolute Gasteiger partial charge is 0.397 e. The third kappa shape index (κ3) is 2.93. The van der Waals surface area contributed by atoms with Crippen molar-refractivity contribution < 1.29 is 9.59 Å². The van der Waals surface area contributed by atoms with Crippen LogP contribution >= 0.6 is 0 Å². The molecule has 7 nitrogen and oxygen atoms in total. The minimum atomic E-state index is -0.544. The molecular weight excluding hydrogens is 294 g/mol. The number of hydrazine groups is 1. The molecular formula is C16H13N5O2. The topological polar surface area (TPSA) is 110 Å². The lowest BCUT2D eigenvalue weighted by Gasteiger charge is -2.10. The third-order valence-corrected chi connectivity index (χ3v) is 3.28. The van der Waals surface area contributed by atoms with Crippen molar-refractivity contribution in [1.82, 2.24) is 20.8 Å². The maximum atomic E-state index is 12.2. The fraction of sp³-hybridized carbons (Fsp3) is 0. The van der Waals surface area contributed by atoms with E-state index in [1.54, 1.807) is 30.5 Å². The summed E-state index contributed by atoms with van der Waals surface area (Å²) in [5.41, 5.74) is 12.2. The van der Waals surface area contributed by atoms with E-state index >= 15 is 0 Å². The van der Waals surface area contributed by atoms with E-state index in [-0.39, 0.29) is 5.56 Å². The average Bonchev–Trinajstić information content (AvgIpc) is 2.60. The molecule has 0 fully saturated rings. The number of amides is 2. The first-order chi connectivity index (χ1) is 11.2. The van der Waals surface area contributed by atoms with Gasteiger partial charge in [-0.05, 0) is 18.2 Å². The Morgan fingerprint density at radius 1 is 0.957 bits per heavy atom. The summed E-state index contributed by atoms with van der Waals surface area (Å²) in [4.78, 5) is 32.1. The van der Waals surface area contributed by atoms with Crippen LogP contribution in [0.5, 0.6) is 0 Å². The number of hydrogen-bond acceptors (Lipinski definition) is 5. The molecule has 4 N–H and O–H groups in total. The Balaban J connectivity index is 1.76. The van der Waals surface area contributed by atoms with Crippen LogP contribution in [0, 0.1) is 0 Å². The predicted octanol–water partition coefficient (Wildman–Crippen LogP) is 1.29. The van der Waals surface area contributed by atoms with Gasteiger partial charge in [0.05, 0.1) is 22.3 Å². The Morgan fingerprint density at radius 3 is 2.52 bits per heavy atom. The second kappa shape index (κ2) is 6.10. The molecule has 114 valence electrons. The average molecular weight is 307 g/mol. The van der Waals surface area contributed by atoms with Crippen LogP contribution in [0.15, 0.2) is 55.0 Å². The quantitative estimate of drug-likeness (QED) is 0.618. The van der Waals surface area contributed by atoms with Gasteiger partial charge >= 0.3 is 0 Å². The highest BCUT2D eigenvalue weighted by Crippen LogP contribution is 2.22. The number of carbonyl (C=O) groups is 2. The molecule has 23 heavy (non-hydrogen) atoms. The van der Waals surface area contributed by atoms with Crippen LogP contribution < -0.4 is 16.6 Å². The minimum absolute atomic E-state index is 0.190. The number of para-hydroxylation sites is 1. The summed E-state index contributed by atoms with van der Waals surface area (Å²) in [5.74, 6) is -1.02. The number of fused-ring (bicyclic) bond motifs is 1. The molecule has 0 bridgehead atoms. The van der Waals surface area contributed by atoms with Gasteiger partial charge in [-0.3, -0.25) is 30.4 Å². The van der Waals surface area contributed by atoms with Gasteiger partial charge in [0.1, 0.15) is 0 Å². The summed E-state index contributed by atoms with van der Waals surface area (Å²) in [6, 6.07) is 10.4. The Morgan fingerprint density at radius 2 is 1.74 bits per heavy atom. The molecule has 0 saturated carbocycles. The number of nitrogens with two attached hydrogens (primary N) is 1. The Labute approximate surface area is 131 Å². The number of benzene rings is 1. The number of anilines is 1. The van der Waals surface area contributed by atoms with E-state index in [0.29, 0.717) is 22.2 Å². The van der Waals surface area contributed by atoms with Gasteiger partial charge < -0.3 is 5.73 Å². The van der Waals surface area contributed by atoms with E-state index in [1.807, 2.05) is 12.1 Å². The van der Waals surface area contributed by atoms with E-state index in [0.717, 1.165) is 0 Å². The number of nitrogens with zero attached hydrogens (tertiary/aromatic N) is 2. The first-order valence-corrected chi connectivity index (χ1v) is 6.81. The molecule has 2 heterocycles. The fourth-order valence-electron chi connectivity index (χ4n) is 2.09. The van der Waals surface area contributed by atoms with E-state index in [2.05, 4.69) is 20.8 Å². The summed E-state index contributed by atoms with van der Waals surface area (Å²) in [6.45, 7) is 0. The van der Waals surface area contributed by atoms with Gasteiger partial charge in [-0.25, -0.2) is 0 Å². The van der Waals surface area contributed by atoms with Gasteiger partial charge in [0.25, 0.3) is 11.8 Å². The van der Waals surface area contributed by atoms with Crippen LogP contribution in [0.4, 0.5) is 5.69 Å². The van der Waals surface area contributed by atoms with Gasteiger partial charge in [-0.2, -0.15) is 0 Å². The molecule has 0 unspecified atom stereocenters. The molecule has 7 heteroatoms. The molecule has 0 aliphatic heterocycles. The van der Waals surface area contributed by atoms with Crippen LogP contribution in [0.2, 0.25) is 0 Å². The maximum Gasteiger partial charge on any atom is 0.273 e. The van der Waals surface area contributed by atoms with Crippen molar-refractivity contribution >= 4 is 28.4 Å². The van der Waals surface area contributed by atoms with Crippen LogP contribution in [0.3, 0.4) is 0 Å². The number of aromatic nitrogens is 2. The molecule has 2 amide bonds. The lowest BCUT2D eigenvalue weighted by atomic mass is 10.1. The highest BCUT2D eigenvalue weighted by molar-refractivity contribution is 6.07. The zero-order valence-electron chi connectivity index (χ0n) is 12.0. The summed E-state index contributed by atoms with van der Waals surface area (Å²) in [5, 5.41) is 0.679. The first kappa shape index (κ1) is 14.5. The van der Waals surface area contributed by atoms with Crippen molar-refractivity contribution in [2.45, 2.75) is 0 Å². The molecule has 0 atom stereocenters. The van der Waals surface area contributed by atoms with Crippen molar-refractivity contribution in [3.63, 3.8) is 0 Å². The summed E-state index contributed by atoms with van der Waals surface area (Å²) in [7, 11) is 0. The fourth-order valence-corrected chi connectivity index (χ4v) is 2.09. The Bertz CT molecular complexity index is 880. The van der Waals surface area contributed by atoms with E-state index in [4.69, 9.17) is 5.73 Å². The van der Waals surface area contributed by atoms with Crippen molar-refractivity contribution in [1.29, 1.82) is 0 Å². The zero-order valence-corrected chi connectivity index (χ0v) is 12.0. The highest BCUT2D eigenvalue weighted by Gasteiger charge is 2.14. The third-order valence-electron chi connectivity index (χ3n) is 3.28. The van der Waals surface area contributed by atoms with Crippen LogP contribution in [0.1, 0.15) is 20.7 Å². The summed E-state index contributed by atoms with van der Waals surface area (Å²) in [6.07, 6.45) is 4.33. The van der Waals surface area contributed by atoms with Crippen LogP contribution in [-0.2, 0) is 0 Å². The van der Waals surface area contributed by atoms with Gasteiger partial charge in [-0.1, -0.05) is 18.2 Å². The van der Waals surface area contributed by atoms with Gasteiger partial charge in [0, 0.05) is 24.0 Å². The SMILES string of the molecule is Nc1c(C(=O)NNC(=O)c2cccnc2)cnc2ccccc12. The second-order valence-electron chi connectivity index (χ2n) is 4.75. The van der Waals surface area contributed by atoms with Crippen molar-refractivity contribution in [2.24, 2.45) is 0 Å².